The number of likely N-dealkylation sites (N-methyl/N-ethyl adjacent to an activating group) is 1. The topological polar surface area (TPSA) is 55.6 Å². The number of carbonyl (C=O) groups is 1. The molecule has 1 aromatic rings. The first-order valence-corrected chi connectivity index (χ1v) is 6.54. The molecular formula is C14H20N2O2S. The van der Waals surface area contributed by atoms with Gasteiger partial charge in [-0.1, -0.05) is 42.5 Å². The summed E-state index contributed by atoms with van der Waals surface area (Å²) in [5, 5.41) is 0. The van der Waals surface area contributed by atoms with Gasteiger partial charge in [-0.05, 0) is 12.0 Å². The highest BCUT2D eigenvalue weighted by Crippen LogP contribution is 2.12. The number of carbonyl (C=O) groups excluding carboxylic acids is 1. The Morgan fingerprint density at radius 3 is 2.58 bits per heavy atom. The molecule has 19 heavy (non-hydrogen) atoms. The highest BCUT2D eigenvalue weighted by molar-refractivity contribution is 7.80. The van der Waals surface area contributed by atoms with Gasteiger partial charge in [0.05, 0.1) is 17.5 Å². The first kappa shape index (κ1) is 15.6. The number of rotatable bonds is 7. The molecule has 104 valence electrons. The van der Waals surface area contributed by atoms with Crippen LogP contribution in [-0.4, -0.2) is 43.1 Å². The second kappa shape index (κ2) is 7.86. The lowest BCUT2D eigenvalue weighted by atomic mass is 9.98. The van der Waals surface area contributed by atoms with E-state index in [2.05, 4.69) is 0 Å². The van der Waals surface area contributed by atoms with Gasteiger partial charge in [-0.2, -0.15) is 0 Å². The molecule has 2 N–H and O–H groups in total. The molecule has 4 nitrogen and oxygen atoms in total. The minimum atomic E-state index is -0.459. The van der Waals surface area contributed by atoms with Crippen LogP contribution in [0.15, 0.2) is 30.3 Å². The van der Waals surface area contributed by atoms with Crippen LogP contribution in [0, 0.1) is 5.92 Å². The number of nitrogens with zero attached hydrogens (tertiary/aromatic N) is 1. The largest absolute Gasteiger partial charge is 0.393 e. The number of benzene rings is 1. The lowest BCUT2D eigenvalue weighted by Crippen LogP contribution is -2.41. The van der Waals surface area contributed by atoms with E-state index >= 15 is 0 Å². The van der Waals surface area contributed by atoms with Crippen LogP contribution in [-0.2, 0) is 16.0 Å². The minimum absolute atomic E-state index is 0.0617. The molecule has 1 rings (SSSR count). The first-order chi connectivity index (χ1) is 9.06. The lowest BCUT2D eigenvalue weighted by Gasteiger charge is -2.23. The van der Waals surface area contributed by atoms with Gasteiger partial charge in [0, 0.05) is 20.7 Å². The summed E-state index contributed by atoms with van der Waals surface area (Å²) in [5.74, 6) is -0.521. The predicted molar refractivity (Wildman–Crippen MR) is 79.9 cm³/mol. The average molecular weight is 280 g/mol. The summed E-state index contributed by atoms with van der Waals surface area (Å²) in [6.07, 6.45) is 0.534. The van der Waals surface area contributed by atoms with Crippen molar-refractivity contribution in [3.8, 4) is 0 Å². The molecule has 0 saturated heterocycles. The highest BCUT2D eigenvalue weighted by Gasteiger charge is 2.24. The van der Waals surface area contributed by atoms with Gasteiger partial charge in [0.25, 0.3) is 0 Å². The van der Waals surface area contributed by atoms with E-state index in [-0.39, 0.29) is 10.9 Å². The molecule has 0 bridgehead atoms. The van der Waals surface area contributed by atoms with E-state index in [9.17, 15) is 4.79 Å². The van der Waals surface area contributed by atoms with Crippen LogP contribution in [0.25, 0.3) is 0 Å². The van der Waals surface area contributed by atoms with Crippen molar-refractivity contribution in [2.75, 3.05) is 27.3 Å². The Hall–Kier alpha value is -1.46. The number of thiocarbonyl (C=S) groups is 1. The number of ether oxygens (including phenoxy) is 1. The van der Waals surface area contributed by atoms with E-state index in [4.69, 9.17) is 22.7 Å². The van der Waals surface area contributed by atoms with Crippen molar-refractivity contribution < 1.29 is 9.53 Å². The number of hydrogen-bond donors (Lipinski definition) is 1. The quantitative estimate of drug-likeness (QED) is 0.763. The molecule has 0 aliphatic rings. The van der Waals surface area contributed by atoms with E-state index in [1.807, 2.05) is 30.3 Å². The number of nitrogens with two attached hydrogens (primary N) is 1. The number of amides is 1. The monoisotopic (exact) mass is 280 g/mol. The van der Waals surface area contributed by atoms with Crippen LogP contribution in [0.5, 0.6) is 0 Å². The molecular weight excluding hydrogens is 260 g/mol. The van der Waals surface area contributed by atoms with Crippen LogP contribution in [0.1, 0.15) is 5.56 Å². The molecule has 5 heteroatoms. The second-order valence-corrected chi connectivity index (χ2v) is 4.87. The molecule has 1 aromatic carbocycles. The fourth-order valence-corrected chi connectivity index (χ4v) is 1.95. The summed E-state index contributed by atoms with van der Waals surface area (Å²) in [6.45, 7) is 1.03. The predicted octanol–water partition coefficient (Wildman–Crippen LogP) is 1.24. The summed E-state index contributed by atoms with van der Waals surface area (Å²) in [5.41, 5.74) is 6.75. The van der Waals surface area contributed by atoms with Crippen LogP contribution >= 0.6 is 12.2 Å². The van der Waals surface area contributed by atoms with Gasteiger partial charge in [0.1, 0.15) is 0 Å². The normalized spacial score (nSPS) is 11.9. The maximum atomic E-state index is 12.3. The van der Waals surface area contributed by atoms with Crippen molar-refractivity contribution in [1.29, 1.82) is 0 Å². The molecule has 0 aliphatic heterocycles. The fraction of sp³-hybridized carbons (Fsp3) is 0.429. The van der Waals surface area contributed by atoms with Crippen molar-refractivity contribution in [2.45, 2.75) is 6.42 Å². The van der Waals surface area contributed by atoms with Gasteiger partial charge >= 0.3 is 0 Å². The molecule has 1 amide bonds. The smallest absolute Gasteiger partial charge is 0.232 e. The maximum Gasteiger partial charge on any atom is 0.232 e. The van der Waals surface area contributed by atoms with E-state index < -0.39 is 5.92 Å². The van der Waals surface area contributed by atoms with E-state index in [0.717, 1.165) is 5.56 Å². The van der Waals surface area contributed by atoms with Crippen molar-refractivity contribution in [3.05, 3.63) is 35.9 Å². The Balaban J connectivity index is 2.72. The Labute approximate surface area is 119 Å². The zero-order valence-corrected chi connectivity index (χ0v) is 12.2. The van der Waals surface area contributed by atoms with Crippen molar-refractivity contribution in [1.82, 2.24) is 4.90 Å². The van der Waals surface area contributed by atoms with Crippen LogP contribution in [0.3, 0.4) is 0 Å². The van der Waals surface area contributed by atoms with Crippen LogP contribution in [0.2, 0.25) is 0 Å². The van der Waals surface area contributed by atoms with E-state index in [1.54, 1.807) is 19.1 Å². The molecule has 0 radical (unpaired) electrons. The molecule has 0 spiro atoms. The molecule has 0 saturated carbocycles. The van der Waals surface area contributed by atoms with Crippen molar-refractivity contribution in [3.63, 3.8) is 0 Å². The van der Waals surface area contributed by atoms with Crippen molar-refractivity contribution >= 4 is 23.1 Å². The summed E-state index contributed by atoms with van der Waals surface area (Å²) >= 11 is 5.02. The van der Waals surface area contributed by atoms with Gasteiger partial charge < -0.3 is 15.4 Å². The molecule has 0 aromatic heterocycles. The fourth-order valence-electron chi connectivity index (χ4n) is 1.76. The molecule has 0 fully saturated rings. The van der Waals surface area contributed by atoms with Gasteiger partial charge in [0.2, 0.25) is 5.91 Å². The minimum Gasteiger partial charge on any atom is -0.393 e. The molecule has 1 unspecified atom stereocenters. The average Bonchev–Trinajstić information content (AvgIpc) is 2.42. The SMILES string of the molecule is COCCN(C)C(=O)C(Cc1ccccc1)C(N)=S. The summed E-state index contributed by atoms with van der Waals surface area (Å²) in [7, 11) is 3.34. The summed E-state index contributed by atoms with van der Waals surface area (Å²) in [6, 6.07) is 9.74. The number of hydrogen-bond acceptors (Lipinski definition) is 3. The molecule has 1 atom stereocenters. The van der Waals surface area contributed by atoms with Crippen LogP contribution < -0.4 is 5.73 Å². The highest BCUT2D eigenvalue weighted by atomic mass is 32.1. The first-order valence-electron chi connectivity index (χ1n) is 6.13. The van der Waals surface area contributed by atoms with E-state index in [0.29, 0.717) is 19.6 Å². The van der Waals surface area contributed by atoms with Gasteiger partial charge in [-0.3, -0.25) is 4.79 Å². The van der Waals surface area contributed by atoms with Crippen LogP contribution in [0.4, 0.5) is 0 Å². The van der Waals surface area contributed by atoms with Gasteiger partial charge in [-0.25, -0.2) is 0 Å². The Bertz CT molecular complexity index is 423. The Morgan fingerprint density at radius 1 is 1.42 bits per heavy atom. The Kier molecular flexibility index (Phi) is 6.45. The Morgan fingerprint density at radius 2 is 2.05 bits per heavy atom. The van der Waals surface area contributed by atoms with Crippen molar-refractivity contribution in [2.24, 2.45) is 11.7 Å². The standard InChI is InChI=1S/C14H20N2O2S/c1-16(8-9-18-2)14(17)12(13(15)19)10-11-6-4-3-5-7-11/h3-7,12H,8-10H2,1-2H3,(H2,15,19). The summed E-state index contributed by atoms with van der Waals surface area (Å²) < 4.78 is 4.96. The van der Waals surface area contributed by atoms with Gasteiger partial charge in [-0.15, -0.1) is 0 Å². The third-order valence-corrected chi connectivity index (χ3v) is 3.22. The zero-order valence-electron chi connectivity index (χ0n) is 11.3. The second-order valence-electron chi connectivity index (χ2n) is 4.40. The third kappa shape index (κ3) is 4.96. The third-order valence-electron chi connectivity index (χ3n) is 2.93. The molecule has 0 heterocycles. The lowest BCUT2D eigenvalue weighted by molar-refractivity contribution is -0.132. The molecule has 0 aliphatic carbocycles. The van der Waals surface area contributed by atoms with Gasteiger partial charge in [0.15, 0.2) is 0 Å². The summed E-state index contributed by atoms with van der Waals surface area (Å²) in [4.78, 5) is 14.1. The maximum absolute atomic E-state index is 12.3. The van der Waals surface area contributed by atoms with E-state index in [1.165, 1.54) is 0 Å². The number of methoxy groups -OCH3 is 1. The zero-order chi connectivity index (χ0) is 14.3.